The molecule has 8 heteroatoms. The van der Waals surface area contributed by atoms with Gasteiger partial charge in [-0.2, -0.15) is 4.31 Å². The molecule has 1 aliphatic heterocycles. The van der Waals surface area contributed by atoms with Crippen molar-refractivity contribution in [1.29, 1.82) is 0 Å². The van der Waals surface area contributed by atoms with Gasteiger partial charge in [0.15, 0.2) is 0 Å². The van der Waals surface area contributed by atoms with Gasteiger partial charge in [0.25, 0.3) is 5.69 Å². The highest BCUT2D eigenvalue weighted by atomic mass is 32.2. The minimum atomic E-state index is -3.68. The molecule has 0 aromatic heterocycles. The van der Waals surface area contributed by atoms with Gasteiger partial charge in [-0.15, -0.1) is 11.8 Å². The van der Waals surface area contributed by atoms with Crippen molar-refractivity contribution in [3.63, 3.8) is 0 Å². The van der Waals surface area contributed by atoms with Crippen LogP contribution in [-0.2, 0) is 10.0 Å². The van der Waals surface area contributed by atoms with E-state index in [0.717, 1.165) is 16.7 Å². The zero-order chi connectivity index (χ0) is 20.4. The van der Waals surface area contributed by atoms with Gasteiger partial charge in [0.1, 0.15) is 0 Å². The molecule has 0 amide bonds. The van der Waals surface area contributed by atoms with E-state index in [0.29, 0.717) is 12.3 Å². The van der Waals surface area contributed by atoms with Crippen LogP contribution in [0, 0.1) is 10.1 Å². The second-order valence-corrected chi connectivity index (χ2v) is 9.66. The number of nitro benzene ring substituents is 1. The van der Waals surface area contributed by atoms with Crippen molar-refractivity contribution in [1.82, 2.24) is 4.31 Å². The molecule has 1 saturated heterocycles. The van der Waals surface area contributed by atoms with Crippen LogP contribution in [0.2, 0.25) is 0 Å². The maximum absolute atomic E-state index is 13.2. The molecule has 1 fully saturated rings. The molecular weight excluding hydrogens is 408 g/mol. The second kappa shape index (κ2) is 7.98. The summed E-state index contributed by atoms with van der Waals surface area (Å²) in [6, 6.07) is 22.7. The number of non-ortho nitro benzene ring substituents is 1. The molecule has 148 valence electrons. The monoisotopic (exact) mass is 426 g/mol. The van der Waals surface area contributed by atoms with Crippen LogP contribution in [-0.4, -0.2) is 29.9 Å². The Kier molecular flexibility index (Phi) is 5.40. The molecule has 0 unspecified atom stereocenters. The first-order valence-corrected chi connectivity index (χ1v) is 11.5. The van der Waals surface area contributed by atoms with E-state index in [1.54, 1.807) is 24.3 Å². The first-order chi connectivity index (χ1) is 14.0. The minimum Gasteiger partial charge on any atom is -0.258 e. The van der Waals surface area contributed by atoms with E-state index in [9.17, 15) is 18.5 Å². The molecule has 0 radical (unpaired) electrons. The summed E-state index contributed by atoms with van der Waals surface area (Å²) in [5, 5.41) is 10.5. The highest BCUT2D eigenvalue weighted by molar-refractivity contribution is 8.01. The summed E-state index contributed by atoms with van der Waals surface area (Å²) in [4.78, 5) is 10.6. The molecule has 0 N–H and O–H groups in total. The number of thioether (sulfide) groups is 1. The first-order valence-electron chi connectivity index (χ1n) is 9.00. The summed E-state index contributed by atoms with van der Waals surface area (Å²) in [7, 11) is -3.68. The lowest BCUT2D eigenvalue weighted by atomic mass is 10.1. The van der Waals surface area contributed by atoms with Crippen LogP contribution >= 0.6 is 11.8 Å². The van der Waals surface area contributed by atoms with Gasteiger partial charge in [0.05, 0.1) is 15.2 Å². The van der Waals surface area contributed by atoms with E-state index >= 15 is 0 Å². The van der Waals surface area contributed by atoms with Gasteiger partial charge in [-0.1, -0.05) is 42.5 Å². The van der Waals surface area contributed by atoms with Gasteiger partial charge in [-0.25, -0.2) is 8.42 Å². The van der Waals surface area contributed by atoms with Crippen molar-refractivity contribution in [2.45, 2.75) is 10.3 Å². The van der Waals surface area contributed by atoms with E-state index < -0.39 is 20.3 Å². The van der Waals surface area contributed by atoms with Crippen LogP contribution in [0.25, 0.3) is 11.1 Å². The summed E-state index contributed by atoms with van der Waals surface area (Å²) in [5.74, 6) is 0.670. The molecule has 3 aromatic rings. The number of sulfonamides is 1. The topological polar surface area (TPSA) is 80.5 Å². The average molecular weight is 427 g/mol. The molecule has 29 heavy (non-hydrogen) atoms. The number of benzene rings is 3. The van der Waals surface area contributed by atoms with Gasteiger partial charge in [0.2, 0.25) is 10.0 Å². The van der Waals surface area contributed by atoms with Crippen molar-refractivity contribution in [2.24, 2.45) is 0 Å². The highest BCUT2D eigenvalue weighted by Gasteiger charge is 2.37. The molecule has 1 aliphatic rings. The molecule has 1 heterocycles. The maximum Gasteiger partial charge on any atom is 0.269 e. The van der Waals surface area contributed by atoms with Crippen LogP contribution in [0.3, 0.4) is 0 Å². The standard InChI is InChI=1S/C21H18N2O4S2/c24-23(25)19-10-6-18(7-11-19)21-22(14-15-28-21)29(26,27)20-12-8-17(9-13-20)16-4-2-1-3-5-16/h1-13,21H,14-15H2/t21-/m0/s1. The summed E-state index contributed by atoms with van der Waals surface area (Å²) in [6.07, 6.45) is 0. The number of hydrogen-bond acceptors (Lipinski definition) is 5. The van der Waals surface area contributed by atoms with E-state index in [-0.39, 0.29) is 10.6 Å². The third kappa shape index (κ3) is 3.91. The van der Waals surface area contributed by atoms with Crippen molar-refractivity contribution in [3.05, 3.63) is 94.5 Å². The Morgan fingerprint density at radius 1 is 0.897 bits per heavy atom. The summed E-state index contributed by atoms with van der Waals surface area (Å²) >= 11 is 1.52. The molecule has 0 aliphatic carbocycles. The lowest BCUT2D eigenvalue weighted by Gasteiger charge is -2.23. The van der Waals surface area contributed by atoms with Crippen molar-refractivity contribution >= 4 is 27.5 Å². The number of rotatable bonds is 5. The molecule has 0 saturated carbocycles. The van der Waals surface area contributed by atoms with Crippen LogP contribution in [0.5, 0.6) is 0 Å². The molecule has 0 spiro atoms. The number of hydrogen-bond donors (Lipinski definition) is 0. The van der Waals surface area contributed by atoms with Crippen LogP contribution in [0.15, 0.2) is 83.8 Å². The van der Waals surface area contributed by atoms with Gasteiger partial charge in [-0.3, -0.25) is 10.1 Å². The summed E-state index contributed by atoms with van der Waals surface area (Å²) in [5.41, 5.74) is 2.70. The van der Waals surface area contributed by atoms with Crippen LogP contribution < -0.4 is 0 Å². The molecule has 1 atom stereocenters. The molecular formula is C21H18N2O4S2. The second-order valence-electron chi connectivity index (χ2n) is 6.58. The average Bonchev–Trinajstić information content (AvgIpc) is 3.25. The van der Waals surface area contributed by atoms with Crippen LogP contribution in [0.4, 0.5) is 5.69 Å². The molecule has 3 aromatic carbocycles. The lowest BCUT2D eigenvalue weighted by Crippen LogP contribution is -2.30. The van der Waals surface area contributed by atoms with Gasteiger partial charge >= 0.3 is 0 Å². The van der Waals surface area contributed by atoms with Crippen molar-refractivity contribution in [2.75, 3.05) is 12.3 Å². The molecule has 6 nitrogen and oxygen atoms in total. The Morgan fingerprint density at radius 2 is 1.52 bits per heavy atom. The fourth-order valence-electron chi connectivity index (χ4n) is 3.31. The predicted molar refractivity (Wildman–Crippen MR) is 114 cm³/mol. The Balaban J connectivity index is 1.61. The molecule has 0 bridgehead atoms. The van der Waals surface area contributed by atoms with E-state index in [4.69, 9.17) is 0 Å². The third-order valence-corrected chi connectivity index (χ3v) is 8.08. The van der Waals surface area contributed by atoms with Crippen molar-refractivity contribution in [3.8, 4) is 11.1 Å². The Hall–Kier alpha value is -2.68. The minimum absolute atomic E-state index is 0.0114. The highest BCUT2D eigenvalue weighted by Crippen LogP contribution is 2.41. The molecule has 4 rings (SSSR count). The number of nitrogens with zero attached hydrogens (tertiary/aromatic N) is 2. The van der Waals surface area contributed by atoms with E-state index in [2.05, 4.69) is 0 Å². The van der Waals surface area contributed by atoms with Crippen molar-refractivity contribution < 1.29 is 13.3 Å². The Labute approximate surface area is 173 Å². The third-order valence-electron chi connectivity index (χ3n) is 4.81. The maximum atomic E-state index is 13.2. The largest absolute Gasteiger partial charge is 0.269 e. The Bertz CT molecular complexity index is 1120. The van der Waals surface area contributed by atoms with Crippen LogP contribution in [0.1, 0.15) is 10.9 Å². The SMILES string of the molecule is O=[N+]([O-])c1ccc([C@@H]2SCCN2S(=O)(=O)c2ccc(-c3ccccc3)cc2)cc1. The predicted octanol–water partition coefficient (Wildman–Crippen LogP) is 4.70. The van der Waals surface area contributed by atoms with Gasteiger partial charge in [0, 0.05) is 24.4 Å². The number of nitro groups is 1. The van der Waals surface area contributed by atoms with Gasteiger partial charge < -0.3 is 0 Å². The van der Waals surface area contributed by atoms with Gasteiger partial charge in [-0.05, 0) is 41.0 Å². The quantitative estimate of drug-likeness (QED) is 0.436. The Morgan fingerprint density at radius 3 is 2.14 bits per heavy atom. The zero-order valence-corrected chi connectivity index (χ0v) is 17.0. The van der Waals surface area contributed by atoms with E-state index in [1.807, 2.05) is 42.5 Å². The lowest BCUT2D eigenvalue weighted by molar-refractivity contribution is -0.384. The fourth-order valence-corrected chi connectivity index (χ4v) is 6.55. The van der Waals surface area contributed by atoms with E-state index in [1.165, 1.54) is 28.2 Å². The summed E-state index contributed by atoms with van der Waals surface area (Å²) < 4.78 is 28.0. The summed E-state index contributed by atoms with van der Waals surface area (Å²) in [6.45, 7) is 0.398. The first kappa shape index (κ1) is 19.6. The zero-order valence-electron chi connectivity index (χ0n) is 15.3. The smallest absolute Gasteiger partial charge is 0.258 e. The normalized spacial score (nSPS) is 17.3. The fraction of sp³-hybridized carbons (Fsp3) is 0.143.